The van der Waals surface area contributed by atoms with Crippen molar-refractivity contribution in [2.75, 3.05) is 12.5 Å². The highest BCUT2D eigenvalue weighted by molar-refractivity contribution is 6.30. The molecule has 1 N–H and O–H groups in total. The lowest BCUT2D eigenvalue weighted by Crippen LogP contribution is -2.45. The molecule has 0 aromatic heterocycles. The van der Waals surface area contributed by atoms with Crippen LogP contribution in [0.15, 0.2) is 24.3 Å². The lowest BCUT2D eigenvalue weighted by atomic mass is 10.0. The topological polar surface area (TPSA) is 38.3 Å². The summed E-state index contributed by atoms with van der Waals surface area (Å²) >= 11 is 11.4. The van der Waals surface area contributed by atoms with Gasteiger partial charge in [0.1, 0.15) is 5.75 Å². The van der Waals surface area contributed by atoms with E-state index in [1.165, 1.54) is 0 Å². The predicted molar refractivity (Wildman–Crippen MR) is 74.5 cm³/mol. The Hall–Kier alpha value is -0.930. The first-order valence-corrected chi connectivity index (χ1v) is 6.59. The summed E-state index contributed by atoms with van der Waals surface area (Å²) in [4.78, 5) is 11.7. The molecule has 0 aliphatic heterocycles. The van der Waals surface area contributed by atoms with E-state index in [2.05, 4.69) is 5.32 Å². The molecule has 1 aromatic rings. The molecule has 0 saturated heterocycles. The maximum absolute atomic E-state index is 11.7. The smallest absolute Gasteiger partial charge is 0.258 e. The highest BCUT2D eigenvalue weighted by atomic mass is 35.5. The van der Waals surface area contributed by atoms with Gasteiger partial charge in [-0.05, 0) is 44.5 Å². The molecule has 0 spiro atoms. The standard InChI is InChI=1S/C13H17Cl2NO2/c1-13(2,7-8-14)16-12(17)9-18-11-5-3-10(15)4-6-11/h3-6H,7-9H2,1-2H3,(H,16,17). The number of hydrogen-bond donors (Lipinski definition) is 1. The van der Waals surface area contributed by atoms with Gasteiger partial charge in [-0.1, -0.05) is 11.6 Å². The fourth-order valence-corrected chi connectivity index (χ4v) is 1.99. The first-order valence-electron chi connectivity index (χ1n) is 5.68. The summed E-state index contributed by atoms with van der Waals surface area (Å²) in [5.74, 6) is 0.954. The summed E-state index contributed by atoms with van der Waals surface area (Å²) in [5, 5.41) is 3.50. The molecule has 0 bridgehead atoms. The molecule has 1 rings (SSSR count). The molecule has 0 unspecified atom stereocenters. The number of hydrogen-bond acceptors (Lipinski definition) is 2. The Morgan fingerprint density at radius 1 is 1.33 bits per heavy atom. The third-order valence-corrected chi connectivity index (χ3v) is 2.82. The summed E-state index contributed by atoms with van der Waals surface area (Å²) < 4.78 is 5.34. The van der Waals surface area contributed by atoms with E-state index in [9.17, 15) is 4.79 Å². The van der Waals surface area contributed by atoms with Crippen LogP contribution in [0.25, 0.3) is 0 Å². The zero-order valence-electron chi connectivity index (χ0n) is 10.5. The molecule has 0 heterocycles. The minimum atomic E-state index is -0.317. The molecular formula is C13H17Cl2NO2. The predicted octanol–water partition coefficient (Wildman–Crippen LogP) is 3.24. The van der Waals surface area contributed by atoms with E-state index in [1.807, 2.05) is 13.8 Å². The van der Waals surface area contributed by atoms with Crippen LogP contribution in [0.1, 0.15) is 20.3 Å². The molecular weight excluding hydrogens is 273 g/mol. The van der Waals surface area contributed by atoms with Crippen molar-refractivity contribution in [2.45, 2.75) is 25.8 Å². The average Bonchev–Trinajstić information content (AvgIpc) is 2.27. The van der Waals surface area contributed by atoms with Crippen LogP contribution in [-0.4, -0.2) is 23.9 Å². The van der Waals surface area contributed by atoms with Crippen LogP contribution in [-0.2, 0) is 4.79 Å². The maximum Gasteiger partial charge on any atom is 0.258 e. The lowest BCUT2D eigenvalue weighted by Gasteiger charge is -2.25. The quantitative estimate of drug-likeness (QED) is 0.817. The summed E-state index contributed by atoms with van der Waals surface area (Å²) in [6, 6.07) is 6.87. The van der Waals surface area contributed by atoms with Gasteiger partial charge in [-0.25, -0.2) is 0 Å². The summed E-state index contributed by atoms with van der Waals surface area (Å²) in [5.41, 5.74) is -0.317. The van der Waals surface area contributed by atoms with Crippen molar-refractivity contribution in [3.8, 4) is 5.75 Å². The van der Waals surface area contributed by atoms with Crippen LogP contribution in [0.5, 0.6) is 5.75 Å². The van der Waals surface area contributed by atoms with Gasteiger partial charge in [0.05, 0.1) is 0 Å². The summed E-state index contributed by atoms with van der Waals surface area (Å²) in [6.45, 7) is 3.83. The van der Waals surface area contributed by atoms with Crippen LogP contribution in [0, 0.1) is 0 Å². The first kappa shape index (κ1) is 15.1. The maximum atomic E-state index is 11.7. The van der Waals surface area contributed by atoms with Crippen molar-refractivity contribution in [1.29, 1.82) is 0 Å². The first-order chi connectivity index (χ1) is 8.43. The SMILES string of the molecule is CC(C)(CCCl)NC(=O)COc1ccc(Cl)cc1. The number of carbonyl (C=O) groups is 1. The largest absolute Gasteiger partial charge is 0.484 e. The minimum absolute atomic E-state index is 0.0205. The van der Waals surface area contributed by atoms with Crippen LogP contribution in [0.3, 0.4) is 0 Å². The summed E-state index contributed by atoms with van der Waals surface area (Å²) in [6.07, 6.45) is 0.710. The van der Waals surface area contributed by atoms with E-state index in [-0.39, 0.29) is 18.1 Å². The number of alkyl halides is 1. The fraction of sp³-hybridized carbons (Fsp3) is 0.462. The van der Waals surface area contributed by atoms with Gasteiger partial charge in [0.15, 0.2) is 6.61 Å². The molecule has 18 heavy (non-hydrogen) atoms. The van der Waals surface area contributed by atoms with Crippen molar-refractivity contribution in [1.82, 2.24) is 5.32 Å². The zero-order chi connectivity index (χ0) is 13.6. The zero-order valence-corrected chi connectivity index (χ0v) is 12.0. The Morgan fingerprint density at radius 2 is 1.94 bits per heavy atom. The Morgan fingerprint density at radius 3 is 2.50 bits per heavy atom. The van der Waals surface area contributed by atoms with E-state index < -0.39 is 0 Å². The Balaban J connectivity index is 2.39. The second-order valence-electron chi connectivity index (χ2n) is 4.61. The summed E-state index contributed by atoms with van der Waals surface area (Å²) in [7, 11) is 0. The molecule has 100 valence electrons. The highest BCUT2D eigenvalue weighted by Crippen LogP contribution is 2.15. The van der Waals surface area contributed by atoms with Gasteiger partial charge >= 0.3 is 0 Å². The monoisotopic (exact) mass is 289 g/mol. The van der Waals surface area contributed by atoms with Gasteiger partial charge in [-0.3, -0.25) is 4.79 Å². The van der Waals surface area contributed by atoms with E-state index in [0.29, 0.717) is 23.1 Å². The Kier molecular flexibility index (Phi) is 5.76. The van der Waals surface area contributed by atoms with Gasteiger partial charge in [-0.2, -0.15) is 0 Å². The number of halogens is 2. The van der Waals surface area contributed by atoms with Crippen molar-refractivity contribution in [2.24, 2.45) is 0 Å². The van der Waals surface area contributed by atoms with Gasteiger partial charge in [0, 0.05) is 16.4 Å². The third kappa shape index (κ3) is 5.61. The number of ether oxygens (including phenoxy) is 1. The number of rotatable bonds is 6. The van der Waals surface area contributed by atoms with E-state index >= 15 is 0 Å². The molecule has 0 aliphatic rings. The second-order valence-corrected chi connectivity index (χ2v) is 5.43. The molecule has 0 atom stereocenters. The van der Waals surface area contributed by atoms with Crippen LogP contribution < -0.4 is 10.1 Å². The fourth-order valence-electron chi connectivity index (χ4n) is 1.39. The van der Waals surface area contributed by atoms with Gasteiger partial charge in [-0.15, -0.1) is 11.6 Å². The molecule has 5 heteroatoms. The van der Waals surface area contributed by atoms with Crippen molar-refractivity contribution in [3.05, 3.63) is 29.3 Å². The normalized spacial score (nSPS) is 11.1. The number of carbonyl (C=O) groups excluding carboxylic acids is 1. The third-order valence-electron chi connectivity index (χ3n) is 2.38. The van der Waals surface area contributed by atoms with Crippen molar-refractivity contribution >= 4 is 29.1 Å². The van der Waals surface area contributed by atoms with Crippen LogP contribution in [0.2, 0.25) is 5.02 Å². The van der Waals surface area contributed by atoms with Gasteiger partial charge in [0.25, 0.3) is 5.91 Å². The van der Waals surface area contributed by atoms with Crippen molar-refractivity contribution < 1.29 is 9.53 Å². The molecule has 3 nitrogen and oxygen atoms in total. The molecule has 1 amide bonds. The van der Waals surface area contributed by atoms with E-state index in [0.717, 1.165) is 0 Å². The minimum Gasteiger partial charge on any atom is -0.484 e. The molecule has 0 aliphatic carbocycles. The second kappa shape index (κ2) is 6.86. The highest BCUT2D eigenvalue weighted by Gasteiger charge is 2.19. The van der Waals surface area contributed by atoms with Gasteiger partial charge in [0.2, 0.25) is 0 Å². The average molecular weight is 290 g/mol. The number of nitrogens with one attached hydrogen (secondary N) is 1. The number of benzene rings is 1. The lowest BCUT2D eigenvalue weighted by molar-refractivity contribution is -0.124. The van der Waals surface area contributed by atoms with Gasteiger partial charge < -0.3 is 10.1 Å². The molecule has 0 saturated carbocycles. The molecule has 0 fully saturated rings. The van der Waals surface area contributed by atoms with E-state index in [4.69, 9.17) is 27.9 Å². The Bertz CT molecular complexity index is 390. The van der Waals surface area contributed by atoms with Crippen LogP contribution >= 0.6 is 23.2 Å². The molecule has 1 aromatic carbocycles. The van der Waals surface area contributed by atoms with Crippen molar-refractivity contribution in [3.63, 3.8) is 0 Å². The van der Waals surface area contributed by atoms with E-state index in [1.54, 1.807) is 24.3 Å². The van der Waals surface area contributed by atoms with Crippen LogP contribution in [0.4, 0.5) is 0 Å². The molecule has 0 radical (unpaired) electrons. The Labute approximate surface area is 117 Å². The number of amides is 1.